The molecule has 23 heavy (non-hydrogen) atoms. The summed E-state index contributed by atoms with van der Waals surface area (Å²) in [7, 11) is 1.83. The van der Waals surface area contributed by atoms with Gasteiger partial charge in [0.1, 0.15) is 0 Å². The average Bonchev–Trinajstić information content (AvgIpc) is 3.32. The molecule has 3 N–H and O–H groups in total. The van der Waals surface area contributed by atoms with E-state index in [-0.39, 0.29) is 29.5 Å². The van der Waals surface area contributed by atoms with Crippen LogP contribution in [0.15, 0.2) is 35.3 Å². The molecular weight excluding hydrogens is 399 g/mol. The zero-order valence-electron chi connectivity index (χ0n) is 14.7. The van der Waals surface area contributed by atoms with Crippen molar-refractivity contribution in [2.75, 3.05) is 20.1 Å². The Kier molecular flexibility index (Phi) is 8.33. The first kappa shape index (κ1) is 20.2. The summed E-state index contributed by atoms with van der Waals surface area (Å²) in [6.07, 6.45) is 2.71. The number of nitrogens with one attached hydrogen (secondary N) is 3. The molecule has 1 aliphatic carbocycles. The second-order valence-corrected chi connectivity index (χ2v) is 6.91. The molecular formula is C18H31IN4. The molecule has 0 bridgehead atoms. The van der Waals surface area contributed by atoms with E-state index in [1.807, 2.05) is 7.05 Å². The van der Waals surface area contributed by atoms with Gasteiger partial charge in [-0.25, -0.2) is 0 Å². The third-order valence-corrected chi connectivity index (χ3v) is 4.08. The van der Waals surface area contributed by atoms with Crippen molar-refractivity contribution in [2.24, 2.45) is 10.9 Å². The van der Waals surface area contributed by atoms with E-state index in [2.05, 4.69) is 72.0 Å². The Balaban J connectivity index is 0.00000264. The minimum absolute atomic E-state index is 0. The minimum atomic E-state index is -0.0214. The van der Waals surface area contributed by atoms with E-state index in [9.17, 15) is 0 Å². The van der Waals surface area contributed by atoms with Gasteiger partial charge < -0.3 is 16.0 Å². The molecule has 0 amide bonds. The summed E-state index contributed by atoms with van der Waals surface area (Å²) in [6, 6.07) is 10.9. The first-order chi connectivity index (χ1) is 10.5. The van der Waals surface area contributed by atoms with Crippen LogP contribution in [0.2, 0.25) is 0 Å². The fraction of sp³-hybridized carbons (Fsp3) is 0.611. The van der Waals surface area contributed by atoms with Gasteiger partial charge in [0.25, 0.3) is 0 Å². The Morgan fingerprint density at radius 2 is 1.87 bits per heavy atom. The number of halogens is 1. The van der Waals surface area contributed by atoms with Gasteiger partial charge >= 0.3 is 0 Å². The van der Waals surface area contributed by atoms with E-state index in [0.29, 0.717) is 6.04 Å². The summed E-state index contributed by atoms with van der Waals surface area (Å²) in [4.78, 5) is 4.29. The molecule has 1 unspecified atom stereocenters. The standard InChI is InChI=1S/C18H30N4.HI/c1-14(16-8-6-5-7-9-16)22-18(2,3)13-21-17(19-4)20-12-15-10-11-15;/h5-9,14-15,22H,10-13H2,1-4H3,(H2,19,20,21);1H. The molecule has 4 nitrogen and oxygen atoms in total. The monoisotopic (exact) mass is 430 g/mol. The van der Waals surface area contributed by atoms with Gasteiger partial charge in [-0.2, -0.15) is 0 Å². The van der Waals surface area contributed by atoms with Crippen LogP contribution in [0.1, 0.15) is 45.2 Å². The Labute approximate surface area is 157 Å². The Bertz CT molecular complexity index is 483. The zero-order valence-corrected chi connectivity index (χ0v) is 17.1. The topological polar surface area (TPSA) is 48.5 Å². The van der Waals surface area contributed by atoms with Crippen LogP contribution in [-0.4, -0.2) is 31.6 Å². The number of guanidine groups is 1. The van der Waals surface area contributed by atoms with E-state index < -0.39 is 0 Å². The first-order valence-corrected chi connectivity index (χ1v) is 8.27. The second-order valence-electron chi connectivity index (χ2n) is 6.91. The highest BCUT2D eigenvalue weighted by Crippen LogP contribution is 2.27. The van der Waals surface area contributed by atoms with E-state index in [1.165, 1.54) is 18.4 Å². The zero-order chi connectivity index (χ0) is 16.0. The third-order valence-electron chi connectivity index (χ3n) is 4.08. The summed E-state index contributed by atoms with van der Waals surface area (Å²) in [5.41, 5.74) is 1.29. The molecule has 1 aromatic rings. The van der Waals surface area contributed by atoms with Crippen molar-refractivity contribution in [3.05, 3.63) is 35.9 Å². The molecule has 0 saturated heterocycles. The molecule has 0 spiro atoms. The largest absolute Gasteiger partial charge is 0.356 e. The van der Waals surface area contributed by atoms with E-state index >= 15 is 0 Å². The SMILES string of the molecule is CN=C(NCC1CC1)NCC(C)(C)NC(C)c1ccccc1.I. The Hall–Kier alpha value is -0.820. The third kappa shape index (κ3) is 7.52. The lowest BCUT2D eigenvalue weighted by Crippen LogP contribution is -2.52. The number of hydrogen-bond donors (Lipinski definition) is 3. The summed E-state index contributed by atoms with van der Waals surface area (Å²) < 4.78 is 0. The molecule has 1 aromatic carbocycles. The predicted molar refractivity (Wildman–Crippen MR) is 110 cm³/mol. The normalized spacial score (nSPS) is 16.4. The maximum Gasteiger partial charge on any atom is 0.191 e. The van der Waals surface area contributed by atoms with E-state index in [0.717, 1.165) is 25.0 Å². The molecule has 5 heteroatoms. The Morgan fingerprint density at radius 3 is 2.43 bits per heavy atom. The van der Waals surface area contributed by atoms with Crippen LogP contribution in [0, 0.1) is 5.92 Å². The summed E-state index contributed by atoms with van der Waals surface area (Å²) >= 11 is 0. The summed E-state index contributed by atoms with van der Waals surface area (Å²) in [6.45, 7) is 8.50. The average molecular weight is 430 g/mol. The van der Waals surface area contributed by atoms with Crippen molar-refractivity contribution in [1.82, 2.24) is 16.0 Å². The molecule has 0 aromatic heterocycles. The highest BCUT2D eigenvalue weighted by atomic mass is 127. The van der Waals surface area contributed by atoms with Crippen LogP contribution in [0.25, 0.3) is 0 Å². The van der Waals surface area contributed by atoms with Gasteiger partial charge in [0, 0.05) is 31.7 Å². The van der Waals surface area contributed by atoms with Crippen LogP contribution in [-0.2, 0) is 0 Å². The maximum absolute atomic E-state index is 4.29. The van der Waals surface area contributed by atoms with Gasteiger partial charge in [0.05, 0.1) is 0 Å². The van der Waals surface area contributed by atoms with E-state index in [4.69, 9.17) is 0 Å². The lowest BCUT2D eigenvalue weighted by molar-refractivity contribution is 0.345. The molecule has 1 saturated carbocycles. The maximum atomic E-state index is 4.29. The summed E-state index contributed by atoms with van der Waals surface area (Å²) in [5.74, 6) is 1.75. The first-order valence-electron chi connectivity index (χ1n) is 8.27. The smallest absolute Gasteiger partial charge is 0.191 e. The van der Waals surface area contributed by atoms with Gasteiger partial charge in [-0.05, 0) is 45.1 Å². The van der Waals surface area contributed by atoms with Crippen LogP contribution in [0.5, 0.6) is 0 Å². The fourth-order valence-corrected chi connectivity index (χ4v) is 2.55. The van der Waals surface area contributed by atoms with Crippen molar-refractivity contribution in [2.45, 2.75) is 45.2 Å². The van der Waals surface area contributed by atoms with E-state index in [1.54, 1.807) is 0 Å². The molecule has 2 rings (SSSR count). The van der Waals surface area contributed by atoms with Gasteiger partial charge in [-0.15, -0.1) is 24.0 Å². The molecule has 1 fully saturated rings. The van der Waals surface area contributed by atoms with Crippen molar-refractivity contribution < 1.29 is 0 Å². The lowest BCUT2D eigenvalue weighted by Gasteiger charge is -2.31. The van der Waals surface area contributed by atoms with Crippen molar-refractivity contribution >= 4 is 29.9 Å². The quantitative estimate of drug-likeness (QED) is 0.354. The highest BCUT2D eigenvalue weighted by molar-refractivity contribution is 14.0. The van der Waals surface area contributed by atoms with Crippen molar-refractivity contribution in [1.29, 1.82) is 0 Å². The molecule has 130 valence electrons. The lowest BCUT2D eigenvalue weighted by atomic mass is 10.0. The highest BCUT2D eigenvalue weighted by Gasteiger charge is 2.23. The predicted octanol–water partition coefficient (Wildman–Crippen LogP) is 3.31. The minimum Gasteiger partial charge on any atom is -0.356 e. The number of nitrogens with zero attached hydrogens (tertiary/aromatic N) is 1. The van der Waals surface area contributed by atoms with Gasteiger partial charge in [0.2, 0.25) is 0 Å². The summed E-state index contributed by atoms with van der Waals surface area (Å²) in [5, 5.41) is 10.5. The molecule has 0 heterocycles. The molecule has 0 radical (unpaired) electrons. The number of rotatable bonds is 7. The van der Waals surface area contributed by atoms with Gasteiger partial charge in [0.15, 0.2) is 5.96 Å². The van der Waals surface area contributed by atoms with Crippen LogP contribution < -0.4 is 16.0 Å². The van der Waals surface area contributed by atoms with Crippen LogP contribution >= 0.6 is 24.0 Å². The number of benzene rings is 1. The fourth-order valence-electron chi connectivity index (χ4n) is 2.55. The van der Waals surface area contributed by atoms with Crippen LogP contribution in [0.4, 0.5) is 0 Å². The molecule has 1 aliphatic rings. The van der Waals surface area contributed by atoms with Crippen molar-refractivity contribution in [3.63, 3.8) is 0 Å². The number of hydrogen-bond acceptors (Lipinski definition) is 2. The molecule has 0 aliphatic heterocycles. The molecule has 1 atom stereocenters. The van der Waals surface area contributed by atoms with Gasteiger partial charge in [-0.1, -0.05) is 30.3 Å². The number of aliphatic imine (C=N–C) groups is 1. The van der Waals surface area contributed by atoms with Crippen molar-refractivity contribution in [3.8, 4) is 0 Å². The van der Waals surface area contributed by atoms with Gasteiger partial charge in [-0.3, -0.25) is 4.99 Å². The van der Waals surface area contributed by atoms with Crippen LogP contribution in [0.3, 0.4) is 0 Å². The Morgan fingerprint density at radius 1 is 1.22 bits per heavy atom. The second kappa shape index (κ2) is 9.47.